The van der Waals surface area contributed by atoms with Gasteiger partial charge in [-0.3, -0.25) is 9.80 Å². The molecule has 26 heavy (non-hydrogen) atoms. The molecule has 0 radical (unpaired) electrons. The first kappa shape index (κ1) is 16.1. The van der Waals surface area contributed by atoms with Crippen LogP contribution in [0.15, 0.2) is 59.1 Å². The van der Waals surface area contributed by atoms with Crippen molar-refractivity contribution in [3.8, 4) is 0 Å². The summed E-state index contributed by atoms with van der Waals surface area (Å²) < 4.78 is 1.05. The number of carbonyl (C=O) groups excluding carboxylic acids is 1. The summed E-state index contributed by atoms with van der Waals surface area (Å²) in [6.07, 6.45) is 7.43. The number of anilines is 1. The first-order valence-electron chi connectivity index (χ1n) is 9.37. The van der Waals surface area contributed by atoms with Gasteiger partial charge in [0.05, 0.1) is 11.2 Å². The zero-order valence-electron chi connectivity index (χ0n) is 14.6. The smallest absolute Gasteiger partial charge is 0.243 e. The summed E-state index contributed by atoms with van der Waals surface area (Å²) in [7, 11) is 0. The van der Waals surface area contributed by atoms with Crippen molar-refractivity contribution < 1.29 is 4.79 Å². The van der Waals surface area contributed by atoms with Gasteiger partial charge >= 0.3 is 0 Å². The summed E-state index contributed by atoms with van der Waals surface area (Å²) in [5.41, 5.74) is 4.62. The van der Waals surface area contributed by atoms with Gasteiger partial charge in [-0.1, -0.05) is 65.2 Å². The standard InChI is InChI=1S/C22H21BrN2O/c23-17-8-9-18-19(16-6-2-1-3-7-16)15-22(11-4-5-12-22)25-21(26)10-13-24(25)20(18)14-17/h1-3,6-9,14-15H,4-5,10-13H2. The largest absolute Gasteiger partial charge is 0.281 e. The molecule has 2 aromatic carbocycles. The van der Waals surface area contributed by atoms with Crippen LogP contribution < -0.4 is 5.01 Å². The number of carbonyl (C=O) groups is 1. The molecule has 0 N–H and O–H groups in total. The predicted molar refractivity (Wildman–Crippen MR) is 108 cm³/mol. The molecule has 0 bridgehead atoms. The first-order valence-corrected chi connectivity index (χ1v) is 10.2. The molecule has 2 heterocycles. The van der Waals surface area contributed by atoms with E-state index in [1.807, 2.05) is 0 Å². The highest BCUT2D eigenvalue weighted by Gasteiger charge is 2.48. The number of benzene rings is 2. The Morgan fingerprint density at radius 1 is 1.00 bits per heavy atom. The maximum Gasteiger partial charge on any atom is 0.243 e. The average Bonchev–Trinajstić information content (AvgIpc) is 3.25. The van der Waals surface area contributed by atoms with Gasteiger partial charge in [-0.2, -0.15) is 0 Å². The summed E-state index contributed by atoms with van der Waals surface area (Å²) in [6.45, 7) is 0.764. The second-order valence-corrected chi connectivity index (χ2v) is 8.39. The summed E-state index contributed by atoms with van der Waals surface area (Å²) in [6, 6.07) is 17.0. The van der Waals surface area contributed by atoms with Crippen molar-refractivity contribution in [2.45, 2.75) is 37.6 Å². The van der Waals surface area contributed by atoms with Crippen molar-refractivity contribution in [1.82, 2.24) is 5.01 Å². The van der Waals surface area contributed by atoms with Gasteiger partial charge < -0.3 is 0 Å². The maximum absolute atomic E-state index is 12.9. The molecule has 1 saturated heterocycles. The number of fused-ring (bicyclic) bond motifs is 4. The van der Waals surface area contributed by atoms with E-state index < -0.39 is 0 Å². The normalized spacial score (nSPS) is 20.8. The Bertz CT molecular complexity index is 900. The highest BCUT2D eigenvalue weighted by atomic mass is 79.9. The second kappa shape index (κ2) is 5.98. The molecule has 5 rings (SSSR count). The van der Waals surface area contributed by atoms with Crippen molar-refractivity contribution >= 4 is 33.1 Å². The topological polar surface area (TPSA) is 23.6 Å². The van der Waals surface area contributed by atoms with E-state index >= 15 is 0 Å². The third kappa shape index (κ3) is 2.35. The van der Waals surface area contributed by atoms with Crippen LogP contribution in [0.3, 0.4) is 0 Å². The van der Waals surface area contributed by atoms with E-state index in [1.165, 1.54) is 29.5 Å². The van der Waals surface area contributed by atoms with Crippen LogP contribution in [-0.2, 0) is 4.79 Å². The van der Waals surface area contributed by atoms with Gasteiger partial charge in [0.2, 0.25) is 5.91 Å². The lowest BCUT2D eigenvalue weighted by atomic mass is 9.88. The van der Waals surface area contributed by atoms with Crippen molar-refractivity contribution in [2.75, 3.05) is 11.6 Å². The van der Waals surface area contributed by atoms with Gasteiger partial charge in [0.25, 0.3) is 0 Å². The number of hydrogen-bond donors (Lipinski definition) is 0. The molecule has 2 aromatic rings. The van der Waals surface area contributed by atoms with Gasteiger partial charge in [0.1, 0.15) is 0 Å². The number of rotatable bonds is 1. The fraction of sp³-hybridized carbons (Fsp3) is 0.318. The van der Waals surface area contributed by atoms with Gasteiger partial charge in [0.15, 0.2) is 0 Å². The molecule has 1 saturated carbocycles. The summed E-state index contributed by atoms with van der Waals surface area (Å²) in [5.74, 6) is 0.253. The van der Waals surface area contributed by atoms with Crippen molar-refractivity contribution in [3.05, 3.63) is 70.2 Å². The molecule has 3 aliphatic rings. The highest BCUT2D eigenvalue weighted by molar-refractivity contribution is 9.10. The van der Waals surface area contributed by atoms with E-state index in [0.29, 0.717) is 6.42 Å². The van der Waals surface area contributed by atoms with Crippen LogP contribution in [0.5, 0.6) is 0 Å². The van der Waals surface area contributed by atoms with Crippen LogP contribution in [0.2, 0.25) is 0 Å². The van der Waals surface area contributed by atoms with E-state index in [0.717, 1.165) is 29.5 Å². The van der Waals surface area contributed by atoms with E-state index in [4.69, 9.17) is 0 Å². The number of hydrazine groups is 1. The minimum Gasteiger partial charge on any atom is -0.281 e. The van der Waals surface area contributed by atoms with Gasteiger partial charge in [-0.15, -0.1) is 0 Å². The van der Waals surface area contributed by atoms with Crippen molar-refractivity contribution in [2.24, 2.45) is 0 Å². The zero-order valence-corrected chi connectivity index (χ0v) is 16.2. The third-order valence-electron chi connectivity index (χ3n) is 5.93. The van der Waals surface area contributed by atoms with Gasteiger partial charge in [-0.25, -0.2) is 5.01 Å². The Labute approximate surface area is 162 Å². The molecule has 1 aliphatic carbocycles. The van der Waals surface area contributed by atoms with Crippen LogP contribution in [-0.4, -0.2) is 23.0 Å². The number of hydrogen-bond acceptors (Lipinski definition) is 2. The molecule has 1 spiro atoms. The molecule has 0 atom stereocenters. The molecule has 2 aliphatic heterocycles. The van der Waals surface area contributed by atoms with E-state index in [9.17, 15) is 4.79 Å². The van der Waals surface area contributed by atoms with Crippen LogP contribution in [0.1, 0.15) is 43.2 Å². The first-order chi connectivity index (χ1) is 12.7. The molecule has 1 amide bonds. The van der Waals surface area contributed by atoms with E-state index in [1.54, 1.807) is 0 Å². The second-order valence-electron chi connectivity index (χ2n) is 7.47. The minimum atomic E-state index is -0.190. The molecular formula is C22H21BrN2O. The molecule has 3 nitrogen and oxygen atoms in total. The van der Waals surface area contributed by atoms with Crippen LogP contribution in [0.4, 0.5) is 5.69 Å². The summed E-state index contributed by atoms with van der Waals surface area (Å²) >= 11 is 3.63. The Hall–Kier alpha value is -2.07. The highest BCUT2D eigenvalue weighted by Crippen LogP contribution is 2.48. The lowest BCUT2D eigenvalue weighted by Gasteiger charge is -2.41. The molecule has 0 unspecified atom stereocenters. The van der Waals surface area contributed by atoms with Crippen molar-refractivity contribution in [3.63, 3.8) is 0 Å². The van der Waals surface area contributed by atoms with Gasteiger partial charge in [0, 0.05) is 23.0 Å². The van der Waals surface area contributed by atoms with Crippen LogP contribution in [0.25, 0.3) is 5.57 Å². The lowest BCUT2D eigenvalue weighted by molar-refractivity contribution is -0.132. The fourth-order valence-electron chi connectivity index (χ4n) is 4.81. The van der Waals surface area contributed by atoms with Crippen LogP contribution in [0, 0.1) is 0 Å². The van der Waals surface area contributed by atoms with Gasteiger partial charge in [-0.05, 0) is 42.2 Å². The Kier molecular flexibility index (Phi) is 3.71. The molecule has 4 heteroatoms. The number of halogens is 1. The third-order valence-corrected chi connectivity index (χ3v) is 6.43. The lowest BCUT2D eigenvalue weighted by Crippen LogP contribution is -2.53. The molecule has 2 fully saturated rings. The Morgan fingerprint density at radius 2 is 1.77 bits per heavy atom. The quantitative estimate of drug-likeness (QED) is 0.650. The van der Waals surface area contributed by atoms with E-state index in [2.05, 4.69) is 80.6 Å². The average molecular weight is 409 g/mol. The predicted octanol–water partition coefficient (Wildman–Crippen LogP) is 5.16. The molecule has 132 valence electrons. The Morgan fingerprint density at radius 3 is 2.54 bits per heavy atom. The zero-order chi connectivity index (χ0) is 17.7. The molecule has 0 aromatic heterocycles. The summed E-state index contributed by atoms with van der Waals surface area (Å²) in [4.78, 5) is 12.9. The SMILES string of the molecule is O=C1CCN2c3cc(Br)ccc3C(c3ccccc3)=CC3(CCCC3)N12. The maximum atomic E-state index is 12.9. The van der Waals surface area contributed by atoms with Crippen LogP contribution >= 0.6 is 15.9 Å². The summed E-state index contributed by atoms with van der Waals surface area (Å²) in [5, 5.41) is 4.32. The van der Waals surface area contributed by atoms with E-state index in [-0.39, 0.29) is 11.4 Å². The molecular weight excluding hydrogens is 388 g/mol. The monoisotopic (exact) mass is 408 g/mol. The minimum absolute atomic E-state index is 0.190. The number of amides is 1. The van der Waals surface area contributed by atoms with Crippen molar-refractivity contribution in [1.29, 1.82) is 0 Å². The Balaban J connectivity index is 1.80. The fourth-order valence-corrected chi connectivity index (χ4v) is 5.16. The number of nitrogens with zero attached hydrogens (tertiary/aromatic N) is 2.